The molecule has 7 heteroatoms. The predicted molar refractivity (Wildman–Crippen MR) is 111 cm³/mol. The van der Waals surface area contributed by atoms with E-state index in [1.807, 2.05) is 38.1 Å². The topological polar surface area (TPSA) is 81.4 Å². The van der Waals surface area contributed by atoms with E-state index in [0.29, 0.717) is 24.4 Å². The van der Waals surface area contributed by atoms with Gasteiger partial charge in [-0.3, -0.25) is 4.79 Å². The number of nitrogens with zero attached hydrogens (tertiary/aromatic N) is 4. The molecule has 0 aliphatic carbocycles. The van der Waals surface area contributed by atoms with Gasteiger partial charge in [-0.1, -0.05) is 44.2 Å². The number of aromatic nitrogens is 4. The average molecular weight is 389 g/mol. The van der Waals surface area contributed by atoms with Gasteiger partial charge in [0.05, 0.1) is 12.8 Å². The average Bonchev–Trinajstić information content (AvgIpc) is 3.21. The summed E-state index contributed by atoms with van der Waals surface area (Å²) in [6.45, 7) is 4.57. The van der Waals surface area contributed by atoms with Gasteiger partial charge >= 0.3 is 0 Å². The third-order valence-corrected chi connectivity index (χ3v) is 4.98. The van der Waals surface area contributed by atoms with Crippen molar-refractivity contribution in [3.05, 3.63) is 65.7 Å². The maximum absolute atomic E-state index is 12.7. The molecule has 0 atom stereocenters. The molecule has 7 nitrogen and oxygen atoms in total. The summed E-state index contributed by atoms with van der Waals surface area (Å²) in [4.78, 5) is 21.2. The molecular weight excluding hydrogens is 366 g/mol. The minimum absolute atomic E-state index is 0.189. The lowest BCUT2D eigenvalue weighted by Gasteiger charge is -2.13. The molecule has 2 aromatic heterocycles. The Labute approximate surface area is 168 Å². The molecule has 0 unspecified atom stereocenters. The van der Waals surface area contributed by atoms with Crippen LogP contribution in [0, 0.1) is 0 Å². The number of hydrogen-bond donors (Lipinski definition) is 1. The van der Waals surface area contributed by atoms with Gasteiger partial charge in [-0.25, -0.2) is 9.50 Å². The minimum atomic E-state index is -0.225. The zero-order valence-corrected chi connectivity index (χ0v) is 16.7. The fourth-order valence-electron chi connectivity index (χ4n) is 3.52. The number of nitrogens with one attached hydrogen (secondary N) is 1. The zero-order valence-electron chi connectivity index (χ0n) is 16.7. The number of ether oxygens (including phenoxy) is 1. The van der Waals surface area contributed by atoms with E-state index in [-0.39, 0.29) is 11.8 Å². The van der Waals surface area contributed by atoms with Crippen molar-refractivity contribution in [3.63, 3.8) is 0 Å². The minimum Gasteiger partial charge on any atom is -0.496 e. The fourth-order valence-corrected chi connectivity index (χ4v) is 3.52. The van der Waals surface area contributed by atoms with Crippen molar-refractivity contribution in [1.29, 1.82) is 0 Å². The van der Waals surface area contributed by atoms with Crippen molar-refractivity contribution in [1.82, 2.24) is 24.9 Å². The van der Waals surface area contributed by atoms with E-state index in [0.717, 1.165) is 27.8 Å². The molecule has 0 spiro atoms. The molecule has 4 rings (SSSR count). The van der Waals surface area contributed by atoms with Crippen molar-refractivity contribution in [2.75, 3.05) is 13.7 Å². The molecule has 29 heavy (non-hydrogen) atoms. The van der Waals surface area contributed by atoms with Gasteiger partial charge in [0.15, 0.2) is 0 Å². The van der Waals surface area contributed by atoms with E-state index < -0.39 is 0 Å². The highest BCUT2D eigenvalue weighted by molar-refractivity contribution is 5.93. The SMILES string of the molecule is COc1ccc2ccccc2c1CCNC(=O)c1cc(C(C)C)n2ncnc2n1. The molecule has 0 bridgehead atoms. The van der Waals surface area contributed by atoms with E-state index in [9.17, 15) is 4.79 Å². The van der Waals surface area contributed by atoms with Crippen molar-refractivity contribution in [2.45, 2.75) is 26.2 Å². The molecule has 0 saturated heterocycles. The monoisotopic (exact) mass is 389 g/mol. The summed E-state index contributed by atoms with van der Waals surface area (Å²) >= 11 is 0. The van der Waals surface area contributed by atoms with Crippen LogP contribution >= 0.6 is 0 Å². The Hall–Kier alpha value is -3.48. The first-order valence-corrected chi connectivity index (χ1v) is 9.62. The Morgan fingerprint density at radius 3 is 2.83 bits per heavy atom. The van der Waals surface area contributed by atoms with E-state index in [4.69, 9.17) is 4.74 Å². The first kappa shape index (κ1) is 18.9. The van der Waals surface area contributed by atoms with Crippen LogP contribution in [0.1, 0.15) is 41.5 Å². The van der Waals surface area contributed by atoms with Gasteiger partial charge in [-0.15, -0.1) is 0 Å². The largest absolute Gasteiger partial charge is 0.496 e. The number of amides is 1. The van der Waals surface area contributed by atoms with Gasteiger partial charge in [0, 0.05) is 12.1 Å². The van der Waals surface area contributed by atoms with Crippen molar-refractivity contribution in [2.24, 2.45) is 0 Å². The Bertz CT molecular complexity index is 1180. The maximum Gasteiger partial charge on any atom is 0.270 e. The van der Waals surface area contributed by atoms with Crippen LogP contribution in [0.4, 0.5) is 0 Å². The molecule has 0 saturated carbocycles. The first-order valence-electron chi connectivity index (χ1n) is 9.62. The summed E-state index contributed by atoms with van der Waals surface area (Å²) in [6, 6.07) is 14.0. The Morgan fingerprint density at radius 2 is 2.03 bits per heavy atom. The highest BCUT2D eigenvalue weighted by Gasteiger charge is 2.16. The van der Waals surface area contributed by atoms with Crippen LogP contribution in [-0.2, 0) is 6.42 Å². The number of carbonyl (C=O) groups excluding carboxylic acids is 1. The van der Waals surface area contributed by atoms with Gasteiger partial charge < -0.3 is 10.1 Å². The molecule has 2 aromatic carbocycles. The van der Waals surface area contributed by atoms with Crippen molar-refractivity contribution in [3.8, 4) is 5.75 Å². The summed E-state index contributed by atoms with van der Waals surface area (Å²) in [5.41, 5.74) is 2.32. The number of benzene rings is 2. The summed E-state index contributed by atoms with van der Waals surface area (Å²) in [7, 11) is 1.66. The molecule has 4 aromatic rings. The first-order chi connectivity index (χ1) is 14.1. The molecular formula is C22H23N5O2. The third-order valence-electron chi connectivity index (χ3n) is 4.98. The summed E-state index contributed by atoms with van der Waals surface area (Å²) in [5, 5.41) is 9.44. The number of methoxy groups -OCH3 is 1. The van der Waals surface area contributed by atoms with Crippen LogP contribution in [0.5, 0.6) is 5.75 Å². The van der Waals surface area contributed by atoms with Crippen LogP contribution in [-0.4, -0.2) is 39.1 Å². The second kappa shape index (κ2) is 7.87. The van der Waals surface area contributed by atoms with Crippen LogP contribution in [0.3, 0.4) is 0 Å². The smallest absolute Gasteiger partial charge is 0.270 e. The Balaban J connectivity index is 1.54. The molecule has 0 aliphatic rings. The molecule has 0 fully saturated rings. The number of hydrogen-bond acceptors (Lipinski definition) is 5. The lowest BCUT2D eigenvalue weighted by molar-refractivity contribution is 0.0949. The van der Waals surface area contributed by atoms with Crippen LogP contribution in [0.25, 0.3) is 16.6 Å². The summed E-state index contributed by atoms with van der Waals surface area (Å²) in [6.07, 6.45) is 2.10. The van der Waals surface area contributed by atoms with E-state index >= 15 is 0 Å². The molecule has 148 valence electrons. The maximum atomic E-state index is 12.7. The van der Waals surface area contributed by atoms with Crippen LogP contribution in [0.15, 0.2) is 48.8 Å². The number of carbonyl (C=O) groups is 1. The van der Waals surface area contributed by atoms with Gasteiger partial charge in [0.2, 0.25) is 0 Å². The molecule has 1 N–H and O–H groups in total. The van der Waals surface area contributed by atoms with Crippen molar-refractivity contribution >= 4 is 22.5 Å². The van der Waals surface area contributed by atoms with E-state index in [1.54, 1.807) is 17.7 Å². The van der Waals surface area contributed by atoms with E-state index in [2.05, 4.69) is 32.5 Å². The second-order valence-corrected chi connectivity index (χ2v) is 7.17. The summed E-state index contributed by atoms with van der Waals surface area (Å²) in [5.74, 6) is 1.21. The van der Waals surface area contributed by atoms with Crippen molar-refractivity contribution < 1.29 is 9.53 Å². The lowest BCUT2D eigenvalue weighted by atomic mass is 10.0. The highest BCUT2D eigenvalue weighted by Crippen LogP contribution is 2.28. The second-order valence-electron chi connectivity index (χ2n) is 7.17. The molecule has 1 amide bonds. The van der Waals surface area contributed by atoms with Crippen LogP contribution in [0.2, 0.25) is 0 Å². The standard InChI is InChI=1S/C22H23N5O2/c1-14(2)19-12-18(26-22-24-13-25-27(19)22)21(28)23-11-10-17-16-7-5-4-6-15(16)8-9-20(17)29-3/h4-9,12-14H,10-11H2,1-3H3,(H,23,28). The quantitative estimate of drug-likeness (QED) is 0.547. The predicted octanol–water partition coefficient (Wildman–Crippen LogP) is 3.38. The Morgan fingerprint density at radius 1 is 1.21 bits per heavy atom. The highest BCUT2D eigenvalue weighted by atomic mass is 16.5. The summed E-state index contributed by atoms with van der Waals surface area (Å²) < 4.78 is 7.20. The molecule has 2 heterocycles. The fraction of sp³-hybridized carbons (Fsp3) is 0.273. The van der Waals surface area contributed by atoms with E-state index in [1.165, 1.54) is 6.33 Å². The van der Waals surface area contributed by atoms with Gasteiger partial charge in [-0.2, -0.15) is 10.1 Å². The molecule has 0 aliphatic heterocycles. The van der Waals surface area contributed by atoms with Crippen LogP contribution < -0.4 is 10.1 Å². The lowest BCUT2D eigenvalue weighted by Crippen LogP contribution is -2.27. The zero-order chi connectivity index (χ0) is 20.4. The normalized spacial score (nSPS) is 11.3. The number of rotatable bonds is 6. The Kier molecular flexibility index (Phi) is 5.12. The third kappa shape index (κ3) is 3.63. The number of fused-ring (bicyclic) bond motifs is 2. The van der Waals surface area contributed by atoms with Gasteiger partial charge in [0.25, 0.3) is 11.7 Å². The van der Waals surface area contributed by atoms with Gasteiger partial charge in [-0.05, 0) is 35.2 Å². The van der Waals surface area contributed by atoms with Gasteiger partial charge in [0.1, 0.15) is 17.8 Å². The molecule has 0 radical (unpaired) electrons.